The molecule has 110 valence electrons. The van der Waals surface area contributed by atoms with Crippen LogP contribution in [0.25, 0.3) is 0 Å². The second-order valence-corrected chi connectivity index (χ2v) is 4.45. The van der Waals surface area contributed by atoms with Gasteiger partial charge in [-0.25, -0.2) is 13.2 Å². The molecule has 21 heavy (non-hydrogen) atoms. The minimum Gasteiger partial charge on any atom is -0.350 e. The summed E-state index contributed by atoms with van der Waals surface area (Å²) in [6.45, 7) is 0.0429. The van der Waals surface area contributed by atoms with Gasteiger partial charge >= 0.3 is 0 Å². The van der Waals surface area contributed by atoms with Gasteiger partial charge in [0.25, 0.3) is 5.91 Å². The van der Waals surface area contributed by atoms with Crippen LogP contribution in [0.3, 0.4) is 0 Å². The second kappa shape index (κ2) is 6.41. The molecule has 2 aromatic rings. The van der Waals surface area contributed by atoms with Gasteiger partial charge < -0.3 is 11.1 Å². The van der Waals surface area contributed by atoms with Crippen molar-refractivity contribution < 1.29 is 18.0 Å². The van der Waals surface area contributed by atoms with Crippen molar-refractivity contribution in [2.75, 3.05) is 6.54 Å². The number of halogens is 3. The molecule has 0 bridgehead atoms. The van der Waals surface area contributed by atoms with E-state index in [0.717, 1.165) is 11.6 Å². The number of nitrogens with two attached hydrogens (primary N) is 1. The zero-order chi connectivity index (χ0) is 15.4. The molecule has 0 fully saturated rings. The smallest absolute Gasteiger partial charge is 0.254 e. The zero-order valence-electron chi connectivity index (χ0n) is 10.9. The molecule has 3 nitrogen and oxygen atoms in total. The van der Waals surface area contributed by atoms with Gasteiger partial charge in [-0.05, 0) is 17.7 Å². The van der Waals surface area contributed by atoms with E-state index in [2.05, 4.69) is 5.32 Å². The lowest BCUT2D eigenvalue weighted by atomic mass is 10.1. The van der Waals surface area contributed by atoms with E-state index in [-0.39, 0.29) is 6.54 Å². The summed E-state index contributed by atoms with van der Waals surface area (Å²) >= 11 is 0. The molecule has 0 radical (unpaired) electrons. The quantitative estimate of drug-likeness (QED) is 0.851. The first-order valence-electron chi connectivity index (χ1n) is 6.23. The van der Waals surface area contributed by atoms with Gasteiger partial charge in [0.05, 0.1) is 5.56 Å². The molecule has 0 saturated heterocycles. The molecule has 2 aromatic carbocycles. The number of benzene rings is 2. The van der Waals surface area contributed by atoms with E-state index in [0.29, 0.717) is 6.07 Å². The highest BCUT2D eigenvalue weighted by Crippen LogP contribution is 2.15. The van der Waals surface area contributed by atoms with Gasteiger partial charge in [0.1, 0.15) is 0 Å². The topological polar surface area (TPSA) is 55.1 Å². The maximum absolute atomic E-state index is 13.5. The Hall–Kier alpha value is -2.34. The standard InChI is InChI=1S/C15H13F3N2O/c16-11-7-6-10(13(17)14(11)18)15(21)20-8-12(19)9-4-2-1-3-5-9/h1-7,12H,8,19H2,(H,20,21). The first-order valence-corrected chi connectivity index (χ1v) is 6.23. The van der Waals surface area contributed by atoms with Crippen molar-refractivity contribution in [3.05, 3.63) is 71.0 Å². The Morgan fingerprint density at radius 3 is 2.38 bits per heavy atom. The van der Waals surface area contributed by atoms with Gasteiger partial charge in [0.15, 0.2) is 17.5 Å². The lowest BCUT2D eigenvalue weighted by molar-refractivity contribution is 0.0946. The molecular formula is C15H13F3N2O. The predicted octanol–water partition coefficient (Wildman–Crippen LogP) is 2.53. The molecule has 2 rings (SSSR count). The van der Waals surface area contributed by atoms with E-state index in [1.54, 1.807) is 24.3 Å². The number of rotatable bonds is 4. The Morgan fingerprint density at radius 1 is 1.05 bits per heavy atom. The molecule has 0 saturated carbocycles. The number of carbonyl (C=O) groups excluding carboxylic acids is 1. The third kappa shape index (κ3) is 3.41. The van der Waals surface area contributed by atoms with Crippen LogP contribution < -0.4 is 11.1 Å². The van der Waals surface area contributed by atoms with E-state index in [1.807, 2.05) is 6.07 Å². The molecule has 1 unspecified atom stereocenters. The molecule has 3 N–H and O–H groups in total. The van der Waals surface area contributed by atoms with Gasteiger partial charge in [-0.3, -0.25) is 4.79 Å². The van der Waals surface area contributed by atoms with Crippen LogP contribution in [0.15, 0.2) is 42.5 Å². The number of hydrogen-bond acceptors (Lipinski definition) is 2. The molecule has 0 aliphatic carbocycles. The SMILES string of the molecule is NC(CNC(=O)c1ccc(F)c(F)c1F)c1ccccc1. The van der Waals surface area contributed by atoms with Crippen molar-refractivity contribution in [2.45, 2.75) is 6.04 Å². The highest BCUT2D eigenvalue weighted by molar-refractivity contribution is 5.94. The maximum Gasteiger partial charge on any atom is 0.254 e. The third-order valence-electron chi connectivity index (χ3n) is 2.99. The summed E-state index contributed by atoms with van der Waals surface area (Å²) in [4.78, 5) is 11.8. The fraction of sp³-hybridized carbons (Fsp3) is 0.133. The molecule has 0 aromatic heterocycles. The Labute approximate surface area is 119 Å². The lowest BCUT2D eigenvalue weighted by Gasteiger charge is -2.13. The number of nitrogens with one attached hydrogen (secondary N) is 1. The molecule has 0 aliphatic rings. The monoisotopic (exact) mass is 294 g/mol. The Bertz CT molecular complexity index is 647. The number of amides is 1. The average molecular weight is 294 g/mol. The van der Waals surface area contributed by atoms with E-state index in [9.17, 15) is 18.0 Å². The average Bonchev–Trinajstić information content (AvgIpc) is 2.51. The first kappa shape index (κ1) is 15.1. The van der Waals surface area contributed by atoms with Crippen LogP contribution in [0.2, 0.25) is 0 Å². The molecule has 1 amide bonds. The summed E-state index contributed by atoms with van der Waals surface area (Å²) < 4.78 is 39.3. The van der Waals surface area contributed by atoms with Crippen LogP contribution in [-0.2, 0) is 0 Å². The zero-order valence-corrected chi connectivity index (χ0v) is 10.9. The van der Waals surface area contributed by atoms with Gasteiger partial charge in [-0.15, -0.1) is 0 Å². The third-order valence-corrected chi connectivity index (χ3v) is 2.99. The maximum atomic E-state index is 13.5. The van der Waals surface area contributed by atoms with Crippen LogP contribution in [0.4, 0.5) is 13.2 Å². The van der Waals surface area contributed by atoms with Crippen LogP contribution in [0, 0.1) is 17.5 Å². The van der Waals surface area contributed by atoms with Crippen molar-refractivity contribution in [3.63, 3.8) is 0 Å². The number of hydrogen-bond donors (Lipinski definition) is 2. The van der Waals surface area contributed by atoms with Crippen molar-refractivity contribution in [1.29, 1.82) is 0 Å². The van der Waals surface area contributed by atoms with Gasteiger partial charge in [0, 0.05) is 12.6 Å². The van der Waals surface area contributed by atoms with E-state index >= 15 is 0 Å². The fourth-order valence-electron chi connectivity index (χ4n) is 1.82. The first-order chi connectivity index (χ1) is 10.0. The second-order valence-electron chi connectivity index (χ2n) is 4.45. The molecule has 6 heteroatoms. The van der Waals surface area contributed by atoms with Crippen molar-refractivity contribution >= 4 is 5.91 Å². The highest BCUT2D eigenvalue weighted by Gasteiger charge is 2.19. The normalized spacial score (nSPS) is 12.0. The van der Waals surface area contributed by atoms with Gasteiger partial charge in [-0.2, -0.15) is 0 Å². The molecule has 1 atom stereocenters. The van der Waals surface area contributed by atoms with E-state index in [4.69, 9.17) is 5.73 Å². The van der Waals surface area contributed by atoms with Crippen LogP contribution >= 0.6 is 0 Å². The van der Waals surface area contributed by atoms with Crippen molar-refractivity contribution in [2.24, 2.45) is 5.73 Å². The summed E-state index contributed by atoms with van der Waals surface area (Å²) in [6, 6.07) is 10.1. The van der Waals surface area contributed by atoms with E-state index < -0.39 is 35.0 Å². The summed E-state index contributed by atoms with van der Waals surface area (Å²) in [5, 5.41) is 2.39. The molecular weight excluding hydrogens is 281 g/mol. The lowest BCUT2D eigenvalue weighted by Crippen LogP contribution is -2.32. The summed E-state index contributed by atoms with van der Waals surface area (Å²) in [5.74, 6) is -5.38. The van der Waals surface area contributed by atoms with Gasteiger partial charge in [-0.1, -0.05) is 30.3 Å². The minimum absolute atomic E-state index is 0.0429. The Balaban J connectivity index is 2.04. The fourth-order valence-corrected chi connectivity index (χ4v) is 1.82. The van der Waals surface area contributed by atoms with Crippen molar-refractivity contribution in [1.82, 2.24) is 5.32 Å². The van der Waals surface area contributed by atoms with Gasteiger partial charge in [0.2, 0.25) is 0 Å². The highest BCUT2D eigenvalue weighted by atomic mass is 19.2. The van der Waals surface area contributed by atoms with Crippen LogP contribution in [-0.4, -0.2) is 12.5 Å². The van der Waals surface area contributed by atoms with E-state index in [1.165, 1.54) is 0 Å². The molecule has 0 aliphatic heterocycles. The summed E-state index contributed by atoms with van der Waals surface area (Å²) in [5.41, 5.74) is 6.10. The summed E-state index contributed by atoms with van der Waals surface area (Å²) in [6.07, 6.45) is 0. The van der Waals surface area contributed by atoms with Crippen molar-refractivity contribution in [3.8, 4) is 0 Å². The Morgan fingerprint density at radius 2 is 1.71 bits per heavy atom. The van der Waals surface area contributed by atoms with Crippen LogP contribution in [0.1, 0.15) is 22.0 Å². The molecule has 0 spiro atoms. The largest absolute Gasteiger partial charge is 0.350 e. The number of carbonyl (C=O) groups is 1. The Kier molecular flexibility index (Phi) is 4.59. The summed E-state index contributed by atoms with van der Waals surface area (Å²) in [7, 11) is 0. The predicted molar refractivity (Wildman–Crippen MR) is 72.0 cm³/mol. The minimum atomic E-state index is -1.67. The van der Waals surface area contributed by atoms with Crippen LogP contribution in [0.5, 0.6) is 0 Å². The molecule has 0 heterocycles.